The molecule has 6 nitrogen and oxygen atoms in total. The number of carbonyl (C=O) groups is 2. The normalized spacial score (nSPS) is 34.4. The van der Waals surface area contributed by atoms with E-state index in [9.17, 15) is 14.7 Å². The first kappa shape index (κ1) is 15.4. The number of hydrogen-bond acceptors (Lipinski definition) is 6. The van der Waals surface area contributed by atoms with Crippen LogP contribution in [0.3, 0.4) is 0 Å². The van der Waals surface area contributed by atoms with Gasteiger partial charge in [-0.2, -0.15) is 0 Å². The molecule has 7 heteroatoms. The van der Waals surface area contributed by atoms with Crippen molar-refractivity contribution in [2.75, 3.05) is 0 Å². The highest BCUT2D eigenvalue weighted by molar-refractivity contribution is 6.45. The first-order valence-electron chi connectivity index (χ1n) is 8.39. The topological polar surface area (TPSA) is 85.4 Å². The Labute approximate surface area is 157 Å². The molecule has 0 radical (unpaired) electrons. The van der Waals surface area contributed by atoms with Gasteiger partial charge in [0.2, 0.25) is 11.4 Å². The van der Waals surface area contributed by atoms with Gasteiger partial charge in [-0.25, -0.2) is 0 Å². The molecule has 4 aliphatic rings. The average molecular weight is 383 g/mol. The van der Waals surface area contributed by atoms with Gasteiger partial charge in [-0.05, 0) is 29.7 Å². The predicted octanol–water partition coefficient (Wildman–Crippen LogP) is 2.02. The van der Waals surface area contributed by atoms with Crippen LogP contribution in [0.25, 0.3) is 10.8 Å². The fourth-order valence-electron chi connectivity index (χ4n) is 4.50. The molecule has 6 rings (SSSR count). The van der Waals surface area contributed by atoms with E-state index in [1.807, 2.05) is 24.3 Å². The van der Waals surface area contributed by atoms with Gasteiger partial charge in [0.05, 0.1) is 10.4 Å². The molecule has 1 saturated heterocycles. The Kier molecular flexibility index (Phi) is 2.52. The summed E-state index contributed by atoms with van der Waals surface area (Å²) in [5, 5.41) is 11.9. The Balaban J connectivity index is 1.65. The molecule has 1 fully saturated rings. The minimum Gasteiger partial charge on any atom is -0.445 e. The minimum absolute atomic E-state index is 0.211. The van der Waals surface area contributed by atoms with E-state index in [0.29, 0.717) is 11.5 Å². The van der Waals surface area contributed by atoms with Crippen molar-refractivity contribution in [3.05, 3.63) is 59.7 Å². The van der Waals surface area contributed by atoms with Gasteiger partial charge in [-0.3, -0.25) is 9.59 Å². The molecule has 0 aromatic heterocycles. The van der Waals surface area contributed by atoms with E-state index >= 15 is 0 Å². The van der Waals surface area contributed by atoms with Crippen LogP contribution in [-0.4, -0.2) is 39.8 Å². The molecule has 0 saturated carbocycles. The van der Waals surface area contributed by atoms with Gasteiger partial charge in [0.25, 0.3) is 5.60 Å². The standard InChI is InChI=1S/C20H11ClO6/c21-11-9-18(20-15(23)8-7-14(22)19(20,27-20)17(11)24)25-12-5-1-3-10-4-2-6-13(26-18)16(10)12/h1-9,14,22H/t14-,19+,20-/m0/s1. The largest absolute Gasteiger partial charge is 0.445 e. The average Bonchev–Trinajstić information content (AvgIpc) is 3.39. The first-order chi connectivity index (χ1) is 13.0. The molecular weight excluding hydrogens is 372 g/mol. The predicted molar refractivity (Wildman–Crippen MR) is 93.6 cm³/mol. The van der Waals surface area contributed by atoms with E-state index in [0.717, 1.165) is 10.8 Å². The molecular formula is C20H11ClO6. The van der Waals surface area contributed by atoms with Crippen LogP contribution in [0.1, 0.15) is 0 Å². The van der Waals surface area contributed by atoms with Gasteiger partial charge < -0.3 is 19.3 Å². The molecule has 3 atom stereocenters. The maximum Gasteiger partial charge on any atom is 0.313 e. The minimum atomic E-state index is -1.84. The van der Waals surface area contributed by atoms with Crippen LogP contribution < -0.4 is 9.47 Å². The molecule has 27 heavy (non-hydrogen) atoms. The van der Waals surface area contributed by atoms with Crippen LogP contribution in [0.5, 0.6) is 11.5 Å². The molecule has 2 heterocycles. The summed E-state index contributed by atoms with van der Waals surface area (Å²) in [7, 11) is 0. The molecule has 2 aromatic rings. The highest BCUT2D eigenvalue weighted by atomic mass is 35.5. The van der Waals surface area contributed by atoms with Crippen LogP contribution in [-0.2, 0) is 14.3 Å². The number of halogens is 1. The van der Waals surface area contributed by atoms with E-state index in [1.54, 1.807) is 12.1 Å². The lowest BCUT2D eigenvalue weighted by Crippen LogP contribution is -2.67. The molecule has 2 aliphatic heterocycles. The second-order valence-corrected chi connectivity index (χ2v) is 7.40. The SMILES string of the molecule is O=C1C(Cl)=CC2(Oc3cccc4cccc(c34)O2)[C@]23O[C@]12[C@@H](O)C=CC3=O. The van der Waals surface area contributed by atoms with Crippen molar-refractivity contribution in [3.8, 4) is 11.5 Å². The van der Waals surface area contributed by atoms with E-state index in [2.05, 4.69) is 0 Å². The Bertz CT molecular complexity index is 1110. The summed E-state index contributed by atoms with van der Waals surface area (Å²) in [5.41, 5.74) is -3.68. The molecule has 0 bridgehead atoms. The Hall–Kier alpha value is -2.67. The fourth-order valence-corrected chi connectivity index (χ4v) is 4.78. The van der Waals surface area contributed by atoms with Crippen molar-refractivity contribution >= 4 is 33.9 Å². The smallest absolute Gasteiger partial charge is 0.313 e. The number of carbonyl (C=O) groups excluding carboxylic acids is 2. The summed E-state index contributed by atoms with van der Waals surface area (Å²) in [6.07, 6.45) is 2.33. The highest BCUT2D eigenvalue weighted by Gasteiger charge is 2.93. The summed E-state index contributed by atoms with van der Waals surface area (Å²) < 4.78 is 18.0. The number of aliphatic hydroxyl groups is 1. The molecule has 0 unspecified atom stereocenters. The van der Waals surface area contributed by atoms with Gasteiger partial charge in [-0.15, -0.1) is 0 Å². The summed E-state index contributed by atoms with van der Waals surface area (Å²) in [4.78, 5) is 25.7. The zero-order valence-corrected chi connectivity index (χ0v) is 14.4. The van der Waals surface area contributed by atoms with Crippen molar-refractivity contribution in [3.63, 3.8) is 0 Å². The van der Waals surface area contributed by atoms with Crippen molar-refractivity contribution in [1.29, 1.82) is 0 Å². The van der Waals surface area contributed by atoms with Crippen LogP contribution in [0.4, 0.5) is 0 Å². The quantitative estimate of drug-likeness (QED) is 0.702. The van der Waals surface area contributed by atoms with Crippen molar-refractivity contribution in [1.82, 2.24) is 0 Å². The number of epoxide rings is 1. The number of hydrogen-bond donors (Lipinski definition) is 1. The van der Waals surface area contributed by atoms with E-state index in [4.69, 9.17) is 25.8 Å². The lowest BCUT2D eigenvalue weighted by Gasteiger charge is -2.43. The number of Topliss-reactive ketones (excluding diaryl/α,β-unsaturated/α-hetero) is 1. The molecule has 0 amide bonds. The van der Waals surface area contributed by atoms with Crippen LogP contribution >= 0.6 is 11.6 Å². The Morgan fingerprint density at radius 1 is 1.04 bits per heavy atom. The number of aliphatic hydroxyl groups excluding tert-OH is 1. The summed E-state index contributed by atoms with van der Waals surface area (Å²) in [6.45, 7) is 0. The van der Waals surface area contributed by atoms with Gasteiger partial charge in [0.1, 0.15) is 17.6 Å². The third kappa shape index (κ3) is 1.46. The number of ketones is 2. The Morgan fingerprint density at radius 2 is 1.70 bits per heavy atom. The van der Waals surface area contributed by atoms with Crippen LogP contribution in [0.15, 0.2) is 59.7 Å². The number of benzene rings is 2. The van der Waals surface area contributed by atoms with Crippen LogP contribution in [0, 0.1) is 0 Å². The fraction of sp³-hybridized carbons (Fsp3) is 0.200. The maximum absolute atomic E-state index is 12.9. The first-order valence-corrected chi connectivity index (χ1v) is 8.77. The molecule has 2 aliphatic carbocycles. The molecule has 1 N–H and O–H groups in total. The van der Waals surface area contributed by atoms with Gasteiger partial charge >= 0.3 is 5.79 Å². The second kappa shape index (κ2) is 4.42. The zero-order chi connectivity index (χ0) is 18.6. The second-order valence-electron chi connectivity index (χ2n) is 6.99. The van der Waals surface area contributed by atoms with Crippen LogP contribution in [0.2, 0.25) is 0 Å². The van der Waals surface area contributed by atoms with Crippen molar-refractivity contribution in [2.24, 2.45) is 0 Å². The monoisotopic (exact) mass is 382 g/mol. The van der Waals surface area contributed by atoms with E-state index in [1.165, 1.54) is 18.2 Å². The molecule has 2 aromatic carbocycles. The van der Waals surface area contributed by atoms with E-state index < -0.39 is 34.7 Å². The van der Waals surface area contributed by atoms with Gasteiger partial charge in [-0.1, -0.05) is 35.9 Å². The third-order valence-corrected chi connectivity index (χ3v) is 5.98. The summed E-state index contributed by atoms with van der Waals surface area (Å²) in [6, 6.07) is 10.9. The highest BCUT2D eigenvalue weighted by Crippen LogP contribution is 2.66. The zero-order valence-electron chi connectivity index (χ0n) is 13.6. The van der Waals surface area contributed by atoms with Crippen molar-refractivity contribution in [2.45, 2.75) is 23.1 Å². The number of ether oxygens (including phenoxy) is 3. The maximum atomic E-state index is 12.9. The third-order valence-electron chi connectivity index (χ3n) is 5.70. The molecule has 134 valence electrons. The summed E-state index contributed by atoms with van der Waals surface area (Å²) in [5.74, 6) is -2.04. The molecule has 1 spiro atoms. The lowest BCUT2D eigenvalue weighted by atomic mass is 9.69. The number of rotatable bonds is 0. The Morgan fingerprint density at radius 3 is 2.37 bits per heavy atom. The van der Waals surface area contributed by atoms with Crippen molar-refractivity contribution < 1.29 is 28.9 Å². The van der Waals surface area contributed by atoms with Gasteiger partial charge in [0.15, 0.2) is 5.78 Å². The summed E-state index contributed by atoms with van der Waals surface area (Å²) >= 11 is 6.19. The van der Waals surface area contributed by atoms with E-state index in [-0.39, 0.29) is 5.03 Å². The van der Waals surface area contributed by atoms with Gasteiger partial charge in [0, 0.05) is 6.08 Å². The lowest BCUT2D eigenvalue weighted by molar-refractivity contribution is -0.157.